The maximum atomic E-state index is 9.81. The first-order valence-electron chi connectivity index (χ1n) is 7.74. The third-order valence-corrected chi connectivity index (χ3v) is 6.32. The van der Waals surface area contributed by atoms with E-state index in [0.29, 0.717) is 5.41 Å². The van der Waals surface area contributed by atoms with E-state index in [1.54, 1.807) is 0 Å². The molecule has 0 aromatic rings. The van der Waals surface area contributed by atoms with Gasteiger partial charge in [0.25, 0.3) is 0 Å². The van der Waals surface area contributed by atoms with Crippen LogP contribution in [-0.4, -0.2) is 22.4 Å². The fraction of sp³-hybridized carbons (Fsp3) is 1.00. The van der Waals surface area contributed by atoms with Gasteiger partial charge in [-0.2, -0.15) is 0 Å². The zero-order chi connectivity index (χ0) is 13.4. The van der Waals surface area contributed by atoms with Gasteiger partial charge in [-0.25, -0.2) is 0 Å². The Bertz CT molecular complexity index is 281. The number of rotatable bonds is 0. The second-order valence-electron chi connectivity index (χ2n) is 7.42. The molecule has 0 spiro atoms. The van der Waals surface area contributed by atoms with Crippen LogP contribution in [0.3, 0.4) is 0 Å². The van der Waals surface area contributed by atoms with E-state index in [-0.39, 0.29) is 17.6 Å². The molecule has 0 unspecified atom stereocenters. The SMILES string of the molecule is CC1(C)[C@@H]2CC[C@]1(C)[C@H](O)C2.OC1CCCCC1. The normalized spacial score (nSPS) is 42.5. The Balaban J connectivity index is 0.000000149. The van der Waals surface area contributed by atoms with E-state index in [9.17, 15) is 5.11 Å². The van der Waals surface area contributed by atoms with Crippen LogP contribution in [0.1, 0.15) is 72.1 Å². The highest BCUT2D eigenvalue weighted by molar-refractivity contribution is 5.10. The Morgan fingerprint density at radius 3 is 1.72 bits per heavy atom. The molecule has 3 aliphatic carbocycles. The molecule has 3 fully saturated rings. The Labute approximate surface area is 112 Å². The summed E-state index contributed by atoms with van der Waals surface area (Å²) in [6.07, 6.45) is 9.50. The van der Waals surface area contributed by atoms with Gasteiger partial charge < -0.3 is 10.2 Å². The lowest BCUT2D eigenvalue weighted by atomic mass is 9.70. The minimum Gasteiger partial charge on any atom is -0.393 e. The van der Waals surface area contributed by atoms with Gasteiger partial charge in [0.1, 0.15) is 0 Å². The summed E-state index contributed by atoms with van der Waals surface area (Å²) in [5, 5.41) is 18.7. The minimum atomic E-state index is -0.0313. The van der Waals surface area contributed by atoms with E-state index in [0.717, 1.165) is 25.2 Å². The van der Waals surface area contributed by atoms with Gasteiger partial charge in [0.15, 0.2) is 0 Å². The molecule has 0 radical (unpaired) electrons. The highest BCUT2D eigenvalue weighted by atomic mass is 16.3. The second-order valence-corrected chi connectivity index (χ2v) is 7.42. The molecule has 2 bridgehead atoms. The molecule has 3 saturated carbocycles. The highest BCUT2D eigenvalue weighted by Gasteiger charge is 2.60. The molecular formula is C16H30O2. The largest absolute Gasteiger partial charge is 0.393 e. The van der Waals surface area contributed by atoms with E-state index in [4.69, 9.17) is 5.11 Å². The van der Waals surface area contributed by atoms with Gasteiger partial charge in [0, 0.05) is 0 Å². The standard InChI is InChI=1S/C10H18O.C6H12O/c1-9(2)7-4-5-10(9,3)8(11)6-7;7-6-4-2-1-3-5-6/h7-8,11H,4-6H2,1-3H3;6-7H,1-5H2/t7-,8-,10-;/m1./s1. The summed E-state index contributed by atoms with van der Waals surface area (Å²) in [5.74, 6) is 0.780. The Kier molecular flexibility index (Phi) is 4.08. The quantitative estimate of drug-likeness (QED) is 0.694. The average Bonchev–Trinajstić information content (AvgIpc) is 2.64. The third-order valence-electron chi connectivity index (χ3n) is 6.32. The van der Waals surface area contributed by atoms with Gasteiger partial charge in [-0.1, -0.05) is 40.0 Å². The first-order valence-corrected chi connectivity index (χ1v) is 7.74. The van der Waals surface area contributed by atoms with E-state index in [1.807, 2.05) is 0 Å². The van der Waals surface area contributed by atoms with Crippen LogP contribution < -0.4 is 0 Å². The summed E-state index contributed by atoms with van der Waals surface area (Å²) in [7, 11) is 0. The highest BCUT2D eigenvalue weighted by Crippen LogP contribution is 2.65. The first-order chi connectivity index (χ1) is 8.38. The minimum absolute atomic E-state index is 0.0313. The maximum absolute atomic E-state index is 9.81. The van der Waals surface area contributed by atoms with Crippen molar-refractivity contribution in [1.82, 2.24) is 0 Å². The fourth-order valence-electron chi connectivity index (χ4n) is 4.24. The summed E-state index contributed by atoms with van der Waals surface area (Å²) in [4.78, 5) is 0. The number of aliphatic hydroxyl groups is 2. The van der Waals surface area contributed by atoms with Crippen LogP contribution in [-0.2, 0) is 0 Å². The van der Waals surface area contributed by atoms with Crippen LogP contribution in [0, 0.1) is 16.7 Å². The van der Waals surface area contributed by atoms with Gasteiger partial charge in [0.05, 0.1) is 12.2 Å². The van der Waals surface area contributed by atoms with Crippen molar-refractivity contribution in [2.45, 2.75) is 84.3 Å². The number of fused-ring (bicyclic) bond motifs is 2. The van der Waals surface area contributed by atoms with Crippen molar-refractivity contribution in [3.63, 3.8) is 0 Å². The van der Waals surface area contributed by atoms with Crippen molar-refractivity contribution < 1.29 is 10.2 Å². The smallest absolute Gasteiger partial charge is 0.0601 e. The van der Waals surface area contributed by atoms with E-state index >= 15 is 0 Å². The Hall–Kier alpha value is -0.0800. The monoisotopic (exact) mass is 254 g/mol. The predicted octanol–water partition coefficient (Wildman–Crippen LogP) is 3.50. The molecular weight excluding hydrogens is 224 g/mol. The van der Waals surface area contributed by atoms with E-state index in [1.165, 1.54) is 32.1 Å². The van der Waals surface area contributed by atoms with Crippen molar-refractivity contribution in [1.29, 1.82) is 0 Å². The molecule has 0 amide bonds. The van der Waals surface area contributed by atoms with Crippen molar-refractivity contribution in [3.05, 3.63) is 0 Å². The van der Waals surface area contributed by atoms with Crippen LogP contribution in [0.15, 0.2) is 0 Å². The molecule has 0 heterocycles. The van der Waals surface area contributed by atoms with Crippen LogP contribution >= 0.6 is 0 Å². The molecule has 2 heteroatoms. The molecule has 2 nitrogen and oxygen atoms in total. The van der Waals surface area contributed by atoms with Gasteiger partial charge >= 0.3 is 0 Å². The van der Waals surface area contributed by atoms with Crippen LogP contribution in [0.5, 0.6) is 0 Å². The molecule has 3 atom stereocenters. The lowest BCUT2D eigenvalue weighted by Crippen LogP contribution is -2.35. The average molecular weight is 254 g/mol. The molecule has 3 rings (SSSR count). The Morgan fingerprint density at radius 1 is 0.889 bits per heavy atom. The zero-order valence-electron chi connectivity index (χ0n) is 12.3. The molecule has 0 aromatic heterocycles. The molecule has 0 aliphatic heterocycles. The molecule has 0 saturated heterocycles. The van der Waals surface area contributed by atoms with Gasteiger partial charge in [-0.3, -0.25) is 0 Å². The van der Waals surface area contributed by atoms with Crippen LogP contribution in [0.2, 0.25) is 0 Å². The summed E-state index contributed by atoms with van der Waals surface area (Å²) in [5.41, 5.74) is 0.601. The fourth-order valence-corrected chi connectivity index (χ4v) is 4.24. The van der Waals surface area contributed by atoms with Crippen molar-refractivity contribution in [2.24, 2.45) is 16.7 Å². The Morgan fingerprint density at radius 2 is 1.50 bits per heavy atom. The molecule has 2 N–H and O–H groups in total. The molecule has 18 heavy (non-hydrogen) atoms. The predicted molar refractivity (Wildman–Crippen MR) is 74.3 cm³/mol. The molecule has 3 aliphatic rings. The number of aliphatic hydroxyl groups excluding tert-OH is 2. The summed E-state index contributed by atoms with van der Waals surface area (Å²) in [6.45, 7) is 6.90. The number of hydrogen-bond acceptors (Lipinski definition) is 2. The summed E-state index contributed by atoms with van der Waals surface area (Å²) in [6, 6.07) is 0. The van der Waals surface area contributed by atoms with Gasteiger partial charge in [-0.05, 0) is 48.9 Å². The van der Waals surface area contributed by atoms with Crippen molar-refractivity contribution in [2.75, 3.05) is 0 Å². The van der Waals surface area contributed by atoms with Crippen LogP contribution in [0.4, 0.5) is 0 Å². The van der Waals surface area contributed by atoms with E-state index in [2.05, 4.69) is 20.8 Å². The summed E-state index contributed by atoms with van der Waals surface area (Å²) < 4.78 is 0. The van der Waals surface area contributed by atoms with Gasteiger partial charge in [0.2, 0.25) is 0 Å². The van der Waals surface area contributed by atoms with Crippen molar-refractivity contribution >= 4 is 0 Å². The van der Waals surface area contributed by atoms with Crippen molar-refractivity contribution in [3.8, 4) is 0 Å². The van der Waals surface area contributed by atoms with Gasteiger partial charge in [-0.15, -0.1) is 0 Å². The maximum Gasteiger partial charge on any atom is 0.0601 e. The van der Waals surface area contributed by atoms with Crippen LogP contribution in [0.25, 0.3) is 0 Å². The number of hydrogen-bond donors (Lipinski definition) is 2. The lowest BCUT2D eigenvalue weighted by molar-refractivity contribution is 0.0126. The summed E-state index contributed by atoms with van der Waals surface area (Å²) >= 11 is 0. The molecule has 0 aromatic carbocycles. The zero-order valence-corrected chi connectivity index (χ0v) is 12.3. The molecule has 106 valence electrons. The lowest BCUT2D eigenvalue weighted by Gasteiger charge is -2.36. The first kappa shape index (κ1) is 14.3. The topological polar surface area (TPSA) is 40.5 Å². The second kappa shape index (κ2) is 5.13. The third kappa shape index (κ3) is 2.34. The van der Waals surface area contributed by atoms with E-state index < -0.39 is 0 Å².